The minimum absolute atomic E-state index is 0.110. The van der Waals surface area contributed by atoms with Crippen LogP contribution in [0.3, 0.4) is 0 Å². The Hall–Kier alpha value is -1.95. The summed E-state index contributed by atoms with van der Waals surface area (Å²) in [4.78, 5) is 22.1. The van der Waals surface area contributed by atoms with Crippen molar-refractivity contribution >= 4 is 17.2 Å². The first-order valence-corrected chi connectivity index (χ1v) is 7.55. The van der Waals surface area contributed by atoms with Crippen molar-refractivity contribution in [2.24, 2.45) is 5.41 Å². The minimum Gasteiger partial charge on any atom is -0.392 e. The molecule has 120 valence electrons. The smallest absolute Gasteiger partial charge is 0.293 e. The average molecular weight is 306 g/mol. The predicted octanol–water partition coefficient (Wildman–Crippen LogP) is 3.15. The third kappa shape index (κ3) is 3.44. The zero-order valence-corrected chi connectivity index (χ0v) is 13.0. The van der Waals surface area contributed by atoms with Crippen LogP contribution in [-0.2, 0) is 0 Å². The first-order chi connectivity index (χ1) is 10.3. The highest BCUT2D eigenvalue weighted by Crippen LogP contribution is 2.37. The molecule has 0 heterocycles. The molecule has 1 fully saturated rings. The summed E-state index contributed by atoms with van der Waals surface area (Å²) in [6, 6.07) is 4.44. The number of carbonyl (C=O) groups is 1. The highest BCUT2D eigenvalue weighted by atomic mass is 16.6. The van der Waals surface area contributed by atoms with Gasteiger partial charge in [-0.3, -0.25) is 14.9 Å². The van der Waals surface area contributed by atoms with Crippen LogP contribution in [0.2, 0.25) is 0 Å². The molecule has 1 aliphatic rings. The molecule has 0 aromatic heterocycles. The van der Waals surface area contributed by atoms with Gasteiger partial charge in [-0.25, -0.2) is 0 Å². The van der Waals surface area contributed by atoms with Gasteiger partial charge in [0.2, 0.25) is 0 Å². The molecule has 2 N–H and O–H groups in total. The van der Waals surface area contributed by atoms with Gasteiger partial charge in [-0.2, -0.15) is 0 Å². The fourth-order valence-electron chi connectivity index (χ4n) is 2.94. The molecule has 2 rings (SSSR count). The van der Waals surface area contributed by atoms with E-state index in [4.69, 9.17) is 0 Å². The van der Waals surface area contributed by atoms with E-state index in [9.17, 15) is 20.0 Å². The van der Waals surface area contributed by atoms with E-state index in [-0.39, 0.29) is 16.9 Å². The van der Waals surface area contributed by atoms with Crippen LogP contribution in [0.4, 0.5) is 11.4 Å². The van der Waals surface area contributed by atoms with E-state index in [1.165, 1.54) is 13.0 Å². The number of nitrogens with zero attached hydrogens (tertiary/aromatic N) is 1. The van der Waals surface area contributed by atoms with Gasteiger partial charge in [-0.15, -0.1) is 0 Å². The Morgan fingerprint density at radius 2 is 2.23 bits per heavy atom. The third-order valence-electron chi connectivity index (χ3n) is 4.56. The molecule has 6 nitrogen and oxygen atoms in total. The van der Waals surface area contributed by atoms with Crippen molar-refractivity contribution in [3.63, 3.8) is 0 Å². The Kier molecular flexibility index (Phi) is 4.81. The highest BCUT2D eigenvalue weighted by Gasteiger charge is 2.35. The van der Waals surface area contributed by atoms with Gasteiger partial charge in [0.05, 0.1) is 11.0 Å². The Morgan fingerprint density at radius 3 is 2.82 bits per heavy atom. The van der Waals surface area contributed by atoms with Crippen LogP contribution in [0.15, 0.2) is 18.2 Å². The minimum atomic E-state index is -0.492. The van der Waals surface area contributed by atoms with Crippen molar-refractivity contribution in [1.82, 2.24) is 0 Å². The summed E-state index contributed by atoms with van der Waals surface area (Å²) in [5.74, 6) is -0.204. The zero-order valence-electron chi connectivity index (χ0n) is 13.0. The van der Waals surface area contributed by atoms with Crippen molar-refractivity contribution in [3.05, 3.63) is 33.9 Å². The molecule has 22 heavy (non-hydrogen) atoms. The van der Waals surface area contributed by atoms with Crippen LogP contribution in [0.25, 0.3) is 0 Å². The number of Topliss-reactive ketones (excluding diaryl/α,β-unsaturated/α-hetero) is 1. The summed E-state index contributed by atoms with van der Waals surface area (Å²) >= 11 is 0. The van der Waals surface area contributed by atoms with Crippen LogP contribution < -0.4 is 5.32 Å². The second kappa shape index (κ2) is 6.44. The van der Waals surface area contributed by atoms with E-state index >= 15 is 0 Å². The molecule has 0 saturated heterocycles. The molecular formula is C16H22N2O4. The molecule has 6 heteroatoms. The molecule has 0 amide bonds. The Labute approximate surface area is 129 Å². The second-order valence-electron chi connectivity index (χ2n) is 6.31. The first kappa shape index (κ1) is 16.4. The normalized spacial score (nSPS) is 24.8. The molecule has 1 aromatic rings. The quantitative estimate of drug-likeness (QED) is 0.495. The standard InChI is InChI=1S/C16H22N2O4/c1-11(19)12-6-7-13(14(9-12)18(21)22)17-10-16(2)8-4-3-5-15(16)20/h6-7,9,15,17,20H,3-5,8,10H2,1-2H3. The largest absolute Gasteiger partial charge is 0.392 e. The number of nitrogens with one attached hydrogen (secondary N) is 1. The molecule has 1 aromatic carbocycles. The fraction of sp³-hybridized carbons (Fsp3) is 0.562. The fourth-order valence-corrected chi connectivity index (χ4v) is 2.94. The van der Waals surface area contributed by atoms with Gasteiger partial charge in [-0.05, 0) is 31.9 Å². The van der Waals surface area contributed by atoms with Crippen LogP contribution in [0.5, 0.6) is 0 Å². The Balaban J connectivity index is 2.18. The van der Waals surface area contributed by atoms with Gasteiger partial charge in [0.25, 0.3) is 5.69 Å². The van der Waals surface area contributed by atoms with Crippen molar-refractivity contribution in [2.75, 3.05) is 11.9 Å². The average Bonchev–Trinajstić information content (AvgIpc) is 2.48. The summed E-state index contributed by atoms with van der Waals surface area (Å²) in [6.07, 6.45) is 3.33. The molecule has 1 aliphatic carbocycles. The lowest BCUT2D eigenvalue weighted by Crippen LogP contribution is -2.41. The summed E-state index contributed by atoms with van der Waals surface area (Å²) in [5, 5.41) is 24.5. The number of hydrogen-bond acceptors (Lipinski definition) is 5. The summed E-state index contributed by atoms with van der Waals surface area (Å²) < 4.78 is 0. The number of hydrogen-bond donors (Lipinski definition) is 2. The molecular weight excluding hydrogens is 284 g/mol. The van der Waals surface area contributed by atoms with Gasteiger partial charge < -0.3 is 10.4 Å². The number of nitro groups is 1. The van der Waals surface area contributed by atoms with Crippen molar-refractivity contribution < 1.29 is 14.8 Å². The lowest BCUT2D eigenvalue weighted by Gasteiger charge is -2.38. The number of aliphatic hydroxyl groups is 1. The maximum Gasteiger partial charge on any atom is 0.293 e. The monoisotopic (exact) mass is 306 g/mol. The summed E-state index contributed by atoms with van der Waals surface area (Å²) in [5.41, 5.74) is 0.308. The molecule has 0 bridgehead atoms. The zero-order chi connectivity index (χ0) is 16.3. The van der Waals surface area contributed by atoms with Crippen LogP contribution in [-0.4, -0.2) is 28.5 Å². The molecule has 2 unspecified atom stereocenters. The van der Waals surface area contributed by atoms with Gasteiger partial charge in [0.1, 0.15) is 5.69 Å². The summed E-state index contributed by atoms with van der Waals surface area (Å²) in [6.45, 7) is 3.85. The Morgan fingerprint density at radius 1 is 1.50 bits per heavy atom. The van der Waals surface area contributed by atoms with Gasteiger partial charge >= 0.3 is 0 Å². The molecule has 2 atom stereocenters. The van der Waals surface area contributed by atoms with Crippen LogP contribution in [0.1, 0.15) is 49.9 Å². The SMILES string of the molecule is CC(=O)c1ccc(NCC2(C)CCCCC2O)c([N+](=O)[O-])c1. The number of nitro benzene ring substituents is 1. The van der Waals surface area contributed by atoms with E-state index in [0.29, 0.717) is 17.8 Å². The lowest BCUT2D eigenvalue weighted by molar-refractivity contribution is -0.384. The molecule has 0 spiro atoms. The van der Waals surface area contributed by atoms with E-state index in [0.717, 1.165) is 25.7 Å². The number of anilines is 1. The number of rotatable bonds is 5. The van der Waals surface area contributed by atoms with E-state index in [1.807, 2.05) is 6.92 Å². The molecule has 0 radical (unpaired) electrons. The lowest BCUT2D eigenvalue weighted by atomic mass is 9.73. The number of aliphatic hydroxyl groups excluding tert-OH is 1. The topological polar surface area (TPSA) is 92.5 Å². The number of ketones is 1. The van der Waals surface area contributed by atoms with Crippen LogP contribution in [0, 0.1) is 15.5 Å². The van der Waals surface area contributed by atoms with E-state index in [1.54, 1.807) is 12.1 Å². The van der Waals surface area contributed by atoms with E-state index in [2.05, 4.69) is 5.32 Å². The van der Waals surface area contributed by atoms with Gasteiger partial charge in [0.15, 0.2) is 5.78 Å². The second-order valence-corrected chi connectivity index (χ2v) is 6.31. The third-order valence-corrected chi connectivity index (χ3v) is 4.56. The molecule has 0 aliphatic heterocycles. The van der Waals surface area contributed by atoms with Crippen molar-refractivity contribution in [2.45, 2.75) is 45.6 Å². The maximum absolute atomic E-state index is 11.4. The highest BCUT2D eigenvalue weighted by molar-refractivity contribution is 5.95. The Bertz CT molecular complexity index is 588. The first-order valence-electron chi connectivity index (χ1n) is 7.55. The molecule has 1 saturated carbocycles. The predicted molar refractivity (Wildman–Crippen MR) is 84.2 cm³/mol. The number of benzene rings is 1. The van der Waals surface area contributed by atoms with Crippen LogP contribution >= 0.6 is 0 Å². The number of carbonyl (C=O) groups excluding carboxylic acids is 1. The van der Waals surface area contributed by atoms with E-state index < -0.39 is 11.0 Å². The van der Waals surface area contributed by atoms with Crippen molar-refractivity contribution in [3.8, 4) is 0 Å². The van der Waals surface area contributed by atoms with Crippen molar-refractivity contribution in [1.29, 1.82) is 0 Å². The van der Waals surface area contributed by atoms with Gasteiger partial charge in [-0.1, -0.05) is 19.8 Å². The maximum atomic E-state index is 11.4. The van der Waals surface area contributed by atoms with Gasteiger partial charge in [0, 0.05) is 23.6 Å². The summed E-state index contributed by atoms with van der Waals surface area (Å²) in [7, 11) is 0.